The third-order valence-corrected chi connectivity index (χ3v) is 2.21. The molecule has 0 aromatic heterocycles. The molecular weight excluding hydrogens is 212 g/mol. The van der Waals surface area contributed by atoms with Crippen molar-refractivity contribution in [3.63, 3.8) is 0 Å². The molecule has 1 rings (SSSR count). The number of nitro benzene ring substituents is 1. The van der Waals surface area contributed by atoms with Crippen LogP contribution in [0, 0.1) is 10.1 Å². The number of rotatable bonds is 5. The van der Waals surface area contributed by atoms with Crippen LogP contribution < -0.4 is 5.32 Å². The van der Waals surface area contributed by atoms with E-state index in [4.69, 9.17) is 9.47 Å². The lowest BCUT2D eigenvalue weighted by Gasteiger charge is -2.28. The van der Waals surface area contributed by atoms with E-state index in [1.165, 1.54) is 26.4 Å². The lowest BCUT2D eigenvalue weighted by atomic mass is 10.2. The number of nitrogens with zero attached hydrogens (tertiary/aromatic N) is 1. The summed E-state index contributed by atoms with van der Waals surface area (Å²) in [6, 6.07) is 6.12. The molecule has 0 spiro atoms. The monoisotopic (exact) mass is 226 g/mol. The highest BCUT2D eigenvalue weighted by molar-refractivity contribution is 5.51. The molecule has 0 bridgehead atoms. The van der Waals surface area contributed by atoms with Crippen molar-refractivity contribution in [2.45, 2.75) is 12.8 Å². The highest BCUT2D eigenvalue weighted by Crippen LogP contribution is 2.21. The zero-order valence-corrected chi connectivity index (χ0v) is 9.39. The Morgan fingerprint density at radius 3 is 2.50 bits per heavy atom. The van der Waals surface area contributed by atoms with Crippen LogP contribution in [0.2, 0.25) is 0 Å². The molecule has 6 heteroatoms. The number of ether oxygens (including phenoxy) is 2. The second-order valence-corrected chi connectivity index (χ2v) is 3.29. The molecule has 0 radical (unpaired) electrons. The van der Waals surface area contributed by atoms with Crippen LogP contribution >= 0.6 is 0 Å². The second kappa shape index (κ2) is 4.91. The molecule has 0 heterocycles. The van der Waals surface area contributed by atoms with E-state index in [1.54, 1.807) is 19.1 Å². The van der Waals surface area contributed by atoms with Crippen molar-refractivity contribution in [2.75, 3.05) is 19.5 Å². The van der Waals surface area contributed by atoms with Crippen LogP contribution in [0.4, 0.5) is 11.4 Å². The molecule has 0 atom stereocenters. The fourth-order valence-corrected chi connectivity index (χ4v) is 1.14. The van der Waals surface area contributed by atoms with E-state index < -0.39 is 10.8 Å². The van der Waals surface area contributed by atoms with Crippen molar-refractivity contribution in [1.82, 2.24) is 0 Å². The molecule has 0 saturated heterocycles. The van der Waals surface area contributed by atoms with Gasteiger partial charge in [-0.3, -0.25) is 10.1 Å². The fourth-order valence-electron chi connectivity index (χ4n) is 1.14. The molecule has 0 aliphatic rings. The van der Waals surface area contributed by atoms with E-state index in [9.17, 15) is 10.1 Å². The number of nitro groups is 1. The molecule has 88 valence electrons. The predicted octanol–water partition coefficient (Wildman–Crippen LogP) is 1.97. The van der Waals surface area contributed by atoms with Crippen LogP contribution in [-0.2, 0) is 9.47 Å². The molecule has 1 N–H and O–H groups in total. The van der Waals surface area contributed by atoms with Gasteiger partial charge in [-0.15, -0.1) is 0 Å². The third kappa shape index (κ3) is 2.91. The Hall–Kier alpha value is -1.66. The Morgan fingerprint density at radius 1 is 1.38 bits per heavy atom. The van der Waals surface area contributed by atoms with Crippen LogP contribution in [0.15, 0.2) is 24.3 Å². The summed E-state index contributed by atoms with van der Waals surface area (Å²) in [5, 5.41) is 13.5. The van der Waals surface area contributed by atoms with Crippen LogP contribution in [0.3, 0.4) is 0 Å². The number of hydrogen-bond acceptors (Lipinski definition) is 5. The fraction of sp³-hybridized carbons (Fsp3) is 0.400. The summed E-state index contributed by atoms with van der Waals surface area (Å²) in [6.45, 7) is 1.67. The Balaban J connectivity index is 2.89. The predicted molar refractivity (Wildman–Crippen MR) is 59.1 cm³/mol. The van der Waals surface area contributed by atoms with E-state index in [2.05, 4.69) is 5.32 Å². The SMILES string of the molecule is COC(C)(Nc1cccc([N+](=O)[O-])c1)OC. The van der Waals surface area contributed by atoms with E-state index in [-0.39, 0.29) is 5.69 Å². The number of benzene rings is 1. The maximum absolute atomic E-state index is 10.6. The van der Waals surface area contributed by atoms with E-state index in [0.29, 0.717) is 5.69 Å². The zero-order valence-electron chi connectivity index (χ0n) is 9.39. The van der Waals surface area contributed by atoms with Gasteiger partial charge in [0.2, 0.25) is 5.91 Å². The first-order chi connectivity index (χ1) is 7.50. The second-order valence-electron chi connectivity index (χ2n) is 3.29. The Bertz CT molecular complexity index is 377. The van der Waals surface area contributed by atoms with Gasteiger partial charge >= 0.3 is 0 Å². The summed E-state index contributed by atoms with van der Waals surface area (Å²) in [7, 11) is 2.96. The third-order valence-electron chi connectivity index (χ3n) is 2.21. The maximum Gasteiger partial charge on any atom is 0.271 e. The van der Waals surface area contributed by atoms with Gasteiger partial charge in [-0.1, -0.05) is 6.07 Å². The maximum atomic E-state index is 10.6. The molecule has 0 amide bonds. The Labute approximate surface area is 93.3 Å². The summed E-state index contributed by atoms with van der Waals surface area (Å²) < 4.78 is 10.2. The minimum absolute atomic E-state index is 0.0135. The topological polar surface area (TPSA) is 73.6 Å². The molecule has 0 fully saturated rings. The van der Waals surface area contributed by atoms with Crippen LogP contribution in [0.5, 0.6) is 0 Å². The van der Waals surface area contributed by atoms with Crippen molar-refractivity contribution < 1.29 is 14.4 Å². The first-order valence-corrected chi connectivity index (χ1v) is 4.63. The van der Waals surface area contributed by atoms with Crippen molar-refractivity contribution in [3.05, 3.63) is 34.4 Å². The van der Waals surface area contributed by atoms with Gasteiger partial charge in [-0.2, -0.15) is 0 Å². The number of methoxy groups -OCH3 is 2. The summed E-state index contributed by atoms with van der Waals surface area (Å²) in [5.41, 5.74) is 0.569. The molecule has 6 nitrogen and oxygen atoms in total. The smallest absolute Gasteiger partial charge is 0.271 e. The summed E-state index contributed by atoms with van der Waals surface area (Å²) >= 11 is 0. The van der Waals surface area contributed by atoms with Gasteiger partial charge in [0.25, 0.3) is 5.69 Å². The van der Waals surface area contributed by atoms with Gasteiger partial charge in [0.15, 0.2) is 0 Å². The highest BCUT2D eigenvalue weighted by atomic mass is 16.7. The van der Waals surface area contributed by atoms with Gasteiger partial charge in [0.05, 0.1) is 4.92 Å². The average molecular weight is 226 g/mol. The van der Waals surface area contributed by atoms with E-state index >= 15 is 0 Å². The first kappa shape index (κ1) is 12.4. The summed E-state index contributed by atoms with van der Waals surface area (Å²) in [5.74, 6) is -1.00. The lowest BCUT2D eigenvalue weighted by molar-refractivity contribution is -0.384. The normalized spacial score (nSPS) is 11.2. The largest absolute Gasteiger partial charge is 0.336 e. The van der Waals surface area contributed by atoms with Crippen molar-refractivity contribution >= 4 is 11.4 Å². The Morgan fingerprint density at radius 2 is 2.00 bits per heavy atom. The van der Waals surface area contributed by atoms with Crippen molar-refractivity contribution in [2.24, 2.45) is 0 Å². The Kier molecular flexibility index (Phi) is 3.81. The number of non-ortho nitro benzene ring substituents is 1. The molecular formula is C10H14N2O4. The van der Waals surface area contributed by atoms with Gasteiger partial charge in [0.1, 0.15) is 0 Å². The molecule has 0 unspecified atom stereocenters. The molecule has 0 saturated carbocycles. The van der Waals surface area contributed by atoms with E-state index in [0.717, 1.165) is 0 Å². The van der Waals surface area contributed by atoms with Crippen LogP contribution in [-0.4, -0.2) is 25.1 Å². The quantitative estimate of drug-likeness (QED) is 0.472. The van der Waals surface area contributed by atoms with Gasteiger partial charge in [-0.05, 0) is 6.07 Å². The van der Waals surface area contributed by atoms with Crippen molar-refractivity contribution in [1.29, 1.82) is 0 Å². The van der Waals surface area contributed by atoms with E-state index in [1.807, 2.05) is 0 Å². The standard InChI is InChI=1S/C10H14N2O4/c1-10(15-2,16-3)11-8-5-4-6-9(7-8)12(13)14/h4-7,11H,1-3H3. The minimum Gasteiger partial charge on any atom is -0.336 e. The zero-order chi connectivity index (χ0) is 12.2. The number of anilines is 1. The average Bonchev–Trinajstić information content (AvgIpc) is 2.29. The van der Waals surface area contributed by atoms with Crippen LogP contribution in [0.1, 0.15) is 6.92 Å². The summed E-state index contributed by atoms with van der Waals surface area (Å²) in [4.78, 5) is 10.1. The van der Waals surface area contributed by atoms with Crippen LogP contribution in [0.25, 0.3) is 0 Å². The van der Waals surface area contributed by atoms with Crippen molar-refractivity contribution in [3.8, 4) is 0 Å². The molecule has 0 aliphatic carbocycles. The molecule has 1 aromatic carbocycles. The van der Waals surface area contributed by atoms with Gasteiger partial charge < -0.3 is 14.8 Å². The highest BCUT2D eigenvalue weighted by Gasteiger charge is 2.22. The number of nitrogens with one attached hydrogen (secondary N) is 1. The number of hydrogen-bond donors (Lipinski definition) is 1. The first-order valence-electron chi connectivity index (χ1n) is 4.63. The van der Waals surface area contributed by atoms with Gasteiger partial charge in [-0.25, -0.2) is 0 Å². The minimum atomic E-state index is -1.00. The molecule has 0 aliphatic heterocycles. The van der Waals surface area contributed by atoms with Gasteiger partial charge in [0, 0.05) is 39.0 Å². The lowest BCUT2D eigenvalue weighted by Crippen LogP contribution is -2.38. The molecule has 16 heavy (non-hydrogen) atoms. The summed E-state index contributed by atoms with van der Waals surface area (Å²) in [6.07, 6.45) is 0. The molecule has 1 aromatic rings.